The summed E-state index contributed by atoms with van der Waals surface area (Å²) in [6.45, 7) is 0. The second-order valence-corrected chi connectivity index (χ2v) is 2.52. The Balaban J connectivity index is 2.63. The number of benzene rings is 1. The fraction of sp³-hybridized carbons (Fsp3) is 0.100. The van der Waals surface area contributed by atoms with E-state index in [1.807, 2.05) is 24.3 Å². The zero-order valence-electron chi connectivity index (χ0n) is 6.00. The molecule has 0 N–H and O–H groups in total. The van der Waals surface area contributed by atoms with Crippen LogP contribution in [0.2, 0.25) is 0 Å². The Bertz CT molecular complexity index is 323. The fourth-order valence-corrected chi connectivity index (χ4v) is 1.22. The highest BCUT2D eigenvalue weighted by Gasteiger charge is 2.02. The maximum Gasteiger partial charge on any atom is 0.112 e. The van der Waals surface area contributed by atoms with E-state index in [0.29, 0.717) is 6.42 Å². The molecule has 0 spiro atoms. The van der Waals surface area contributed by atoms with E-state index in [4.69, 9.17) is 0 Å². The van der Waals surface area contributed by atoms with Gasteiger partial charge in [0.25, 0.3) is 0 Å². The summed E-state index contributed by atoms with van der Waals surface area (Å²) >= 11 is 0. The molecular formula is C10H7O-. The van der Waals surface area contributed by atoms with Crippen molar-refractivity contribution < 1.29 is 4.79 Å². The molecule has 1 aliphatic rings. The van der Waals surface area contributed by atoms with Gasteiger partial charge < -0.3 is 4.79 Å². The first kappa shape index (κ1) is 6.35. The molecule has 0 heterocycles. The normalized spacial score (nSPS) is 14.7. The Labute approximate surface area is 65.4 Å². The van der Waals surface area contributed by atoms with Crippen molar-refractivity contribution in [3.63, 3.8) is 0 Å². The summed E-state index contributed by atoms with van der Waals surface area (Å²) in [6.07, 6.45) is 5.33. The molecule has 1 nitrogen and oxygen atoms in total. The van der Waals surface area contributed by atoms with Crippen LogP contribution in [0.1, 0.15) is 22.3 Å². The highest BCUT2D eigenvalue weighted by molar-refractivity contribution is 5.99. The molecule has 11 heavy (non-hydrogen) atoms. The topological polar surface area (TPSA) is 17.1 Å². The third-order valence-electron chi connectivity index (χ3n) is 1.77. The number of fused-ring (bicyclic) bond motifs is 1. The minimum atomic E-state index is 0.194. The standard InChI is InChI=1S/C10H7O/c11-10-7-3-5-8-4-1-2-6-9(8)10/h1-4,6H,7H2/q-1. The molecule has 0 amide bonds. The molecule has 0 fully saturated rings. The van der Waals surface area contributed by atoms with Gasteiger partial charge in [0.2, 0.25) is 0 Å². The lowest BCUT2D eigenvalue weighted by molar-refractivity contribution is 0.0993. The quantitative estimate of drug-likeness (QED) is 0.507. The molecule has 0 saturated carbocycles. The summed E-state index contributed by atoms with van der Waals surface area (Å²) in [6, 6.07) is 7.54. The van der Waals surface area contributed by atoms with Gasteiger partial charge in [-0.3, -0.25) is 0 Å². The van der Waals surface area contributed by atoms with Gasteiger partial charge in [-0.2, -0.15) is 17.7 Å². The van der Waals surface area contributed by atoms with Crippen LogP contribution in [0.5, 0.6) is 0 Å². The van der Waals surface area contributed by atoms with E-state index >= 15 is 0 Å². The molecule has 1 aliphatic carbocycles. The maximum absolute atomic E-state index is 11.2. The summed E-state index contributed by atoms with van der Waals surface area (Å²) in [4.78, 5) is 11.2. The number of allylic oxidation sites excluding steroid dienone is 1. The Hall–Kier alpha value is -1.37. The predicted octanol–water partition coefficient (Wildman–Crippen LogP) is 1.98. The van der Waals surface area contributed by atoms with Gasteiger partial charge in [0, 0.05) is 6.42 Å². The summed E-state index contributed by atoms with van der Waals surface area (Å²) < 4.78 is 0. The molecule has 1 heteroatoms. The Morgan fingerprint density at radius 3 is 2.91 bits per heavy atom. The molecule has 0 aromatic heterocycles. The van der Waals surface area contributed by atoms with Gasteiger partial charge in [-0.1, -0.05) is 11.6 Å². The predicted molar refractivity (Wildman–Crippen MR) is 42.3 cm³/mol. The number of carbonyl (C=O) groups excluding carboxylic acids is 1. The zero-order chi connectivity index (χ0) is 7.68. The molecule has 0 bridgehead atoms. The largest absolute Gasteiger partial charge is 0.308 e. The molecular weight excluding hydrogens is 136 g/mol. The van der Waals surface area contributed by atoms with Crippen molar-refractivity contribution in [2.24, 2.45) is 0 Å². The van der Waals surface area contributed by atoms with Crippen LogP contribution in [0.15, 0.2) is 30.3 Å². The van der Waals surface area contributed by atoms with Crippen molar-refractivity contribution in [1.29, 1.82) is 0 Å². The van der Waals surface area contributed by atoms with Crippen molar-refractivity contribution >= 4 is 5.78 Å². The summed E-state index contributed by atoms with van der Waals surface area (Å²) in [7, 11) is 0. The zero-order valence-corrected chi connectivity index (χ0v) is 6.00. The van der Waals surface area contributed by atoms with E-state index in [2.05, 4.69) is 6.08 Å². The Kier molecular flexibility index (Phi) is 1.35. The first-order valence-corrected chi connectivity index (χ1v) is 3.58. The van der Waals surface area contributed by atoms with Crippen LogP contribution in [0.25, 0.3) is 0 Å². The Morgan fingerprint density at radius 2 is 2.09 bits per heavy atom. The van der Waals surface area contributed by atoms with Gasteiger partial charge in [-0.05, 0) is 0 Å². The number of hydrogen-bond acceptors (Lipinski definition) is 1. The van der Waals surface area contributed by atoms with Gasteiger partial charge in [0.05, 0.1) is 0 Å². The third-order valence-corrected chi connectivity index (χ3v) is 1.77. The fourth-order valence-electron chi connectivity index (χ4n) is 1.22. The molecule has 0 aliphatic heterocycles. The first-order chi connectivity index (χ1) is 5.38. The van der Waals surface area contributed by atoms with E-state index < -0.39 is 0 Å². The first-order valence-electron chi connectivity index (χ1n) is 3.58. The average Bonchev–Trinajstić information content (AvgIpc) is 2.06. The lowest BCUT2D eigenvalue weighted by Gasteiger charge is -2.16. The molecule has 0 unspecified atom stereocenters. The van der Waals surface area contributed by atoms with Crippen LogP contribution in [0, 0.1) is 6.08 Å². The van der Waals surface area contributed by atoms with Crippen LogP contribution in [-0.2, 0) is 0 Å². The van der Waals surface area contributed by atoms with Gasteiger partial charge in [0.15, 0.2) is 0 Å². The lowest BCUT2D eigenvalue weighted by atomic mass is 9.97. The second kappa shape index (κ2) is 2.35. The highest BCUT2D eigenvalue weighted by Crippen LogP contribution is 2.15. The van der Waals surface area contributed by atoms with Gasteiger partial charge in [-0.15, -0.1) is 18.2 Å². The SMILES string of the molecule is O=C1CC=[C-]c2ccccc21. The van der Waals surface area contributed by atoms with E-state index in [1.165, 1.54) is 0 Å². The number of carbonyl (C=O) groups is 1. The molecule has 0 radical (unpaired) electrons. The van der Waals surface area contributed by atoms with E-state index in [9.17, 15) is 4.79 Å². The molecule has 2 rings (SSSR count). The van der Waals surface area contributed by atoms with E-state index in [1.54, 1.807) is 6.08 Å². The third kappa shape index (κ3) is 0.984. The molecule has 1 aromatic rings. The monoisotopic (exact) mass is 143 g/mol. The molecule has 54 valence electrons. The summed E-state index contributed by atoms with van der Waals surface area (Å²) in [5.74, 6) is 0.194. The molecule has 0 atom stereocenters. The number of ketones is 1. The van der Waals surface area contributed by atoms with Crippen LogP contribution in [0.3, 0.4) is 0 Å². The minimum absolute atomic E-state index is 0.194. The van der Waals surface area contributed by atoms with Crippen molar-refractivity contribution in [2.75, 3.05) is 0 Å². The van der Waals surface area contributed by atoms with Crippen LogP contribution < -0.4 is 0 Å². The highest BCUT2D eigenvalue weighted by atomic mass is 16.1. The number of hydrogen-bond donors (Lipinski definition) is 0. The minimum Gasteiger partial charge on any atom is -0.308 e. The van der Waals surface area contributed by atoms with Crippen LogP contribution in [-0.4, -0.2) is 5.78 Å². The molecule has 0 saturated heterocycles. The van der Waals surface area contributed by atoms with Crippen molar-refractivity contribution in [2.45, 2.75) is 6.42 Å². The smallest absolute Gasteiger partial charge is 0.112 e. The Morgan fingerprint density at radius 1 is 1.27 bits per heavy atom. The molecule has 1 aromatic carbocycles. The summed E-state index contributed by atoms with van der Waals surface area (Å²) in [5.41, 5.74) is 1.72. The van der Waals surface area contributed by atoms with Gasteiger partial charge >= 0.3 is 0 Å². The van der Waals surface area contributed by atoms with Gasteiger partial charge in [0.1, 0.15) is 5.78 Å². The van der Waals surface area contributed by atoms with Crippen LogP contribution in [0.4, 0.5) is 0 Å². The van der Waals surface area contributed by atoms with Crippen molar-refractivity contribution in [3.8, 4) is 0 Å². The number of Topliss-reactive ketones (excluding diaryl/α,β-unsaturated/α-hetero) is 1. The average molecular weight is 143 g/mol. The maximum atomic E-state index is 11.2. The second-order valence-electron chi connectivity index (χ2n) is 2.52. The van der Waals surface area contributed by atoms with E-state index in [-0.39, 0.29) is 5.78 Å². The number of rotatable bonds is 0. The van der Waals surface area contributed by atoms with Crippen LogP contribution >= 0.6 is 0 Å². The van der Waals surface area contributed by atoms with Gasteiger partial charge in [-0.25, -0.2) is 0 Å². The van der Waals surface area contributed by atoms with Crippen molar-refractivity contribution in [1.82, 2.24) is 0 Å². The van der Waals surface area contributed by atoms with E-state index in [0.717, 1.165) is 11.1 Å². The summed E-state index contributed by atoms with van der Waals surface area (Å²) in [5, 5.41) is 0. The van der Waals surface area contributed by atoms with Crippen molar-refractivity contribution in [3.05, 3.63) is 47.5 Å². The lowest BCUT2D eigenvalue weighted by Crippen LogP contribution is -2.03.